The van der Waals surface area contributed by atoms with Crippen molar-refractivity contribution in [1.29, 1.82) is 0 Å². The number of carbonyl (C=O) groups excluding carboxylic acids is 2. The highest BCUT2D eigenvalue weighted by Gasteiger charge is 2.44. The third-order valence-electron chi connectivity index (χ3n) is 7.76. The van der Waals surface area contributed by atoms with Gasteiger partial charge in [-0.2, -0.15) is 0 Å². The second kappa shape index (κ2) is 12.1. The third-order valence-corrected chi connectivity index (χ3v) is 8.50. The molecule has 1 spiro atoms. The van der Waals surface area contributed by atoms with Crippen molar-refractivity contribution in [1.82, 2.24) is 10.2 Å². The monoisotopic (exact) mass is 585 g/mol. The van der Waals surface area contributed by atoms with Gasteiger partial charge >= 0.3 is 6.09 Å². The maximum absolute atomic E-state index is 14.1. The second-order valence-corrected chi connectivity index (χ2v) is 11.0. The molecular weight excluding hydrogens is 556 g/mol. The Morgan fingerprint density at radius 3 is 2.50 bits per heavy atom. The molecule has 2 heterocycles. The molecule has 2 aliphatic heterocycles. The van der Waals surface area contributed by atoms with Gasteiger partial charge in [0.15, 0.2) is 0 Å². The van der Waals surface area contributed by atoms with E-state index in [0.29, 0.717) is 60.2 Å². The van der Waals surface area contributed by atoms with Crippen LogP contribution in [-0.2, 0) is 15.1 Å². The fourth-order valence-electron chi connectivity index (χ4n) is 5.56. The van der Waals surface area contributed by atoms with E-state index in [2.05, 4.69) is 15.5 Å². The molecule has 2 amide bonds. The lowest BCUT2D eigenvalue weighted by Crippen LogP contribution is -2.48. The van der Waals surface area contributed by atoms with Gasteiger partial charge in [0.05, 0.1) is 34.3 Å². The SMILES string of the molecule is O=C1Nc2ccc(F)cc2C2(CCN(CCC(C(=O)N[C@@H](CO)c3ccccc3)c3ccc(Cl)c(Cl)c3)CC2)O1. The number of nitrogens with zero attached hydrogens (tertiary/aromatic N) is 1. The molecule has 1 unspecified atom stereocenters. The molecule has 2 aliphatic rings. The van der Waals surface area contributed by atoms with Crippen LogP contribution in [0, 0.1) is 5.82 Å². The molecule has 2 atom stereocenters. The molecule has 3 aromatic carbocycles. The van der Waals surface area contributed by atoms with Crippen LogP contribution in [0.3, 0.4) is 0 Å². The number of hydrogen-bond acceptors (Lipinski definition) is 5. The van der Waals surface area contributed by atoms with Crippen molar-refractivity contribution in [2.24, 2.45) is 0 Å². The van der Waals surface area contributed by atoms with E-state index in [0.717, 1.165) is 11.1 Å². The van der Waals surface area contributed by atoms with Crippen LogP contribution in [0.1, 0.15) is 47.9 Å². The number of anilines is 1. The predicted molar refractivity (Wildman–Crippen MR) is 152 cm³/mol. The van der Waals surface area contributed by atoms with E-state index < -0.39 is 23.7 Å². The maximum atomic E-state index is 14.1. The minimum absolute atomic E-state index is 0.230. The fourth-order valence-corrected chi connectivity index (χ4v) is 5.87. The minimum Gasteiger partial charge on any atom is -0.438 e. The lowest BCUT2D eigenvalue weighted by molar-refractivity contribution is -0.124. The number of rotatable bonds is 8. The summed E-state index contributed by atoms with van der Waals surface area (Å²) >= 11 is 12.4. The molecule has 5 rings (SSSR count). The summed E-state index contributed by atoms with van der Waals surface area (Å²) in [6.07, 6.45) is 0.944. The largest absolute Gasteiger partial charge is 0.438 e. The van der Waals surface area contributed by atoms with Crippen molar-refractivity contribution in [3.05, 3.63) is 99.3 Å². The summed E-state index contributed by atoms with van der Waals surface area (Å²) < 4.78 is 19.8. The highest BCUT2D eigenvalue weighted by atomic mass is 35.5. The van der Waals surface area contributed by atoms with Crippen LogP contribution in [0.25, 0.3) is 0 Å². The summed E-state index contributed by atoms with van der Waals surface area (Å²) in [4.78, 5) is 28.0. The summed E-state index contributed by atoms with van der Waals surface area (Å²) in [6, 6.07) is 18.2. The van der Waals surface area contributed by atoms with Crippen LogP contribution in [0.5, 0.6) is 0 Å². The van der Waals surface area contributed by atoms with Gasteiger partial charge in [-0.3, -0.25) is 10.1 Å². The van der Waals surface area contributed by atoms with Gasteiger partial charge < -0.3 is 20.1 Å². The highest BCUT2D eigenvalue weighted by Crippen LogP contribution is 2.44. The number of benzene rings is 3. The summed E-state index contributed by atoms with van der Waals surface area (Å²) in [7, 11) is 0. The lowest BCUT2D eigenvalue weighted by atomic mass is 9.82. The Hall–Kier alpha value is -3.17. The molecule has 10 heteroatoms. The lowest BCUT2D eigenvalue weighted by Gasteiger charge is -2.44. The molecule has 40 heavy (non-hydrogen) atoms. The zero-order valence-corrected chi connectivity index (χ0v) is 23.2. The van der Waals surface area contributed by atoms with Gasteiger partial charge in [-0.05, 0) is 54.4 Å². The second-order valence-electron chi connectivity index (χ2n) is 10.2. The molecule has 3 N–H and O–H groups in total. The molecule has 3 aromatic rings. The van der Waals surface area contributed by atoms with Crippen LogP contribution >= 0.6 is 23.2 Å². The van der Waals surface area contributed by atoms with Crippen LogP contribution in [-0.4, -0.2) is 48.2 Å². The minimum atomic E-state index is -0.888. The van der Waals surface area contributed by atoms with Crippen molar-refractivity contribution < 1.29 is 23.8 Å². The van der Waals surface area contributed by atoms with Crippen molar-refractivity contribution in [2.45, 2.75) is 36.8 Å². The number of carbonyl (C=O) groups is 2. The number of halogens is 3. The van der Waals surface area contributed by atoms with E-state index in [-0.39, 0.29) is 18.3 Å². The van der Waals surface area contributed by atoms with Gasteiger partial charge in [-0.25, -0.2) is 9.18 Å². The van der Waals surface area contributed by atoms with Crippen molar-refractivity contribution >= 4 is 40.9 Å². The number of fused-ring (bicyclic) bond motifs is 2. The quantitative estimate of drug-likeness (QED) is 0.301. The molecule has 0 aliphatic carbocycles. The van der Waals surface area contributed by atoms with Crippen molar-refractivity contribution in [3.63, 3.8) is 0 Å². The number of likely N-dealkylation sites (tertiary alicyclic amines) is 1. The molecule has 0 saturated carbocycles. The number of piperidine rings is 1. The summed E-state index contributed by atoms with van der Waals surface area (Å²) in [5.41, 5.74) is 1.86. The van der Waals surface area contributed by atoms with Crippen LogP contribution < -0.4 is 10.6 Å². The molecule has 210 valence electrons. The third kappa shape index (κ3) is 6.10. The van der Waals surface area contributed by atoms with E-state index in [1.165, 1.54) is 12.1 Å². The topological polar surface area (TPSA) is 90.9 Å². The molecule has 0 aromatic heterocycles. The Bertz CT molecular complexity index is 1380. The van der Waals surface area contributed by atoms with Gasteiger partial charge in [0, 0.05) is 31.5 Å². The van der Waals surface area contributed by atoms with E-state index in [9.17, 15) is 19.1 Å². The Morgan fingerprint density at radius 2 is 1.80 bits per heavy atom. The molecule has 1 fully saturated rings. The van der Waals surface area contributed by atoms with Crippen LogP contribution in [0.15, 0.2) is 66.7 Å². The van der Waals surface area contributed by atoms with Crippen LogP contribution in [0.2, 0.25) is 10.0 Å². The first kappa shape index (κ1) is 28.4. The predicted octanol–water partition coefficient (Wildman–Crippen LogP) is 6.01. The van der Waals surface area contributed by atoms with E-state index in [1.807, 2.05) is 30.3 Å². The molecule has 0 bridgehead atoms. The fraction of sp³-hybridized carbons (Fsp3) is 0.333. The standard InChI is InChI=1S/C30H30Cl2FN3O4/c31-24-8-6-20(16-25(24)32)22(28(38)34-27(18-37)19-4-2-1-3-5-19)10-13-36-14-11-30(12-15-36)23-17-21(33)7-9-26(23)35-29(39)40-30/h1-9,16-17,22,27,37H,10-15,18H2,(H,34,38)(H,35,39)/t22?,27-/m0/s1. The number of amides is 2. The zero-order valence-electron chi connectivity index (χ0n) is 21.7. The molecule has 7 nitrogen and oxygen atoms in total. The number of ether oxygens (including phenoxy) is 1. The van der Waals surface area contributed by atoms with Gasteiger partial charge in [-0.1, -0.05) is 59.6 Å². The van der Waals surface area contributed by atoms with E-state index >= 15 is 0 Å². The first-order valence-corrected chi connectivity index (χ1v) is 14.0. The number of aliphatic hydroxyl groups excluding tert-OH is 1. The van der Waals surface area contributed by atoms with Gasteiger partial charge in [0.2, 0.25) is 5.91 Å². The number of nitrogens with one attached hydrogen (secondary N) is 2. The normalized spacial score (nSPS) is 17.9. The average molecular weight is 586 g/mol. The van der Waals surface area contributed by atoms with Crippen molar-refractivity contribution in [3.8, 4) is 0 Å². The van der Waals surface area contributed by atoms with Gasteiger partial charge in [-0.15, -0.1) is 0 Å². The van der Waals surface area contributed by atoms with E-state index in [4.69, 9.17) is 27.9 Å². The Morgan fingerprint density at radius 1 is 1.05 bits per heavy atom. The van der Waals surface area contributed by atoms with Gasteiger partial charge in [0.1, 0.15) is 11.4 Å². The first-order valence-electron chi connectivity index (χ1n) is 13.2. The van der Waals surface area contributed by atoms with Crippen molar-refractivity contribution in [2.75, 3.05) is 31.6 Å². The molecular formula is C30H30Cl2FN3O4. The summed E-state index contributed by atoms with van der Waals surface area (Å²) in [5.74, 6) is -1.16. The number of aliphatic hydroxyl groups is 1. The zero-order chi connectivity index (χ0) is 28.3. The Labute approximate surface area is 242 Å². The van der Waals surface area contributed by atoms with Gasteiger partial charge in [0.25, 0.3) is 0 Å². The first-order chi connectivity index (χ1) is 19.3. The number of hydrogen-bond donors (Lipinski definition) is 3. The smallest absolute Gasteiger partial charge is 0.412 e. The maximum Gasteiger partial charge on any atom is 0.412 e. The van der Waals surface area contributed by atoms with Crippen LogP contribution in [0.4, 0.5) is 14.9 Å². The summed E-state index contributed by atoms with van der Waals surface area (Å²) in [6.45, 7) is 1.55. The average Bonchev–Trinajstić information content (AvgIpc) is 2.95. The molecule has 1 saturated heterocycles. The highest BCUT2D eigenvalue weighted by molar-refractivity contribution is 6.42. The molecule has 0 radical (unpaired) electrons. The van der Waals surface area contributed by atoms with E-state index in [1.54, 1.807) is 24.3 Å². The Kier molecular flexibility index (Phi) is 8.61. The summed E-state index contributed by atoms with van der Waals surface area (Å²) in [5, 5.41) is 16.4. The Balaban J connectivity index is 1.30.